The molecule has 0 aliphatic heterocycles. The molecule has 1 aromatic heterocycles. The first-order valence-corrected chi connectivity index (χ1v) is 7.87. The molecule has 2 aromatic rings. The average Bonchev–Trinajstić information content (AvgIpc) is 2.67. The fourth-order valence-electron chi connectivity index (χ4n) is 1.42. The van der Waals surface area contributed by atoms with Crippen molar-refractivity contribution in [2.75, 3.05) is 5.32 Å². The summed E-state index contributed by atoms with van der Waals surface area (Å²) >= 11 is 14.4. The molecule has 0 aliphatic carbocycles. The first-order chi connectivity index (χ1) is 8.97. The van der Waals surface area contributed by atoms with Crippen LogP contribution < -0.4 is 5.32 Å². The van der Waals surface area contributed by atoms with Gasteiger partial charge in [0.15, 0.2) is 0 Å². The Morgan fingerprint density at radius 2 is 2.11 bits per heavy atom. The molecule has 4 nitrogen and oxygen atoms in total. The molecular weight excluding hydrogens is 419 g/mol. The quantitative estimate of drug-likeness (QED) is 0.523. The molecular formula is C11H7Br2ClN2O2S. The van der Waals surface area contributed by atoms with E-state index in [1.165, 1.54) is 18.2 Å². The lowest BCUT2D eigenvalue weighted by atomic mass is 10.2. The van der Waals surface area contributed by atoms with Gasteiger partial charge in [-0.25, -0.2) is 0 Å². The van der Waals surface area contributed by atoms with Gasteiger partial charge in [0.2, 0.25) is 0 Å². The number of hydrogen-bond acceptors (Lipinski definition) is 4. The Morgan fingerprint density at radius 3 is 2.68 bits per heavy atom. The third-order valence-corrected chi connectivity index (χ3v) is 5.90. The fourth-order valence-corrected chi connectivity index (χ4v) is 3.72. The van der Waals surface area contributed by atoms with Crippen molar-refractivity contribution in [3.63, 3.8) is 0 Å². The zero-order chi connectivity index (χ0) is 14.0. The van der Waals surface area contributed by atoms with E-state index in [0.29, 0.717) is 17.3 Å². The van der Waals surface area contributed by atoms with E-state index in [1.807, 2.05) is 6.07 Å². The van der Waals surface area contributed by atoms with Crippen molar-refractivity contribution in [1.29, 1.82) is 0 Å². The van der Waals surface area contributed by atoms with Crippen LogP contribution in [0.3, 0.4) is 0 Å². The number of anilines is 1. The van der Waals surface area contributed by atoms with E-state index in [1.54, 1.807) is 11.3 Å². The van der Waals surface area contributed by atoms with Crippen LogP contribution in [0.1, 0.15) is 4.88 Å². The molecule has 0 amide bonds. The zero-order valence-electron chi connectivity index (χ0n) is 9.32. The highest BCUT2D eigenvalue weighted by atomic mass is 79.9. The molecule has 1 heterocycles. The predicted molar refractivity (Wildman–Crippen MR) is 85.2 cm³/mol. The molecule has 0 radical (unpaired) electrons. The minimum absolute atomic E-state index is 0.0143. The summed E-state index contributed by atoms with van der Waals surface area (Å²) in [6.45, 7) is 0.551. The number of nitro benzene ring substituents is 1. The standard InChI is InChI=1S/C11H7Br2ClN2O2S/c12-8-4-7(19-11(8)13)5-15-10-3-6(16(17)18)1-2-9(10)14/h1-4,15H,5H2. The van der Waals surface area contributed by atoms with Gasteiger partial charge in [0.05, 0.1) is 19.4 Å². The highest BCUT2D eigenvalue weighted by Crippen LogP contribution is 2.33. The molecule has 0 unspecified atom stereocenters. The second-order valence-corrected chi connectivity index (χ2v) is 7.33. The van der Waals surface area contributed by atoms with Gasteiger partial charge in [0, 0.05) is 28.0 Å². The fraction of sp³-hybridized carbons (Fsp3) is 0.0909. The average molecular weight is 427 g/mol. The predicted octanol–water partition coefficient (Wildman–Crippen LogP) is 5.45. The maximum atomic E-state index is 10.7. The maximum Gasteiger partial charge on any atom is 0.271 e. The molecule has 0 atom stereocenters. The van der Waals surface area contributed by atoms with Crippen LogP contribution in [-0.2, 0) is 6.54 Å². The lowest BCUT2D eigenvalue weighted by Gasteiger charge is -2.06. The number of non-ortho nitro benzene ring substituents is 1. The Bertz CT molecular complexity index is 614. The van der Waals surface area contributed by atoms with Crippen molar-refractivity contribution in [3.8, 4) is 0 Å². The number of halogens is 3. The molecule has 0 aliphatic rings. The summed E-state index contributed by atoms with van der Waals surface area (Å²) in [7, 11) is 0. The first-order valence-electron chi connectivity index (χ1n) is 5.09. The molecule has 0 fully saturated rings. The van der Waals surface area contributed by atoms with Crippen molar-refractivity contribution in [1.82, 2.24) is 0 Å². The van der Waals surface area contributed by atoms with Gasteiger partial charge in [0.25, 0.3) is 5.69 Å². The summed E-state index contributed by atoms with van der Waals surface area (Å²) in [6.07, 6.45) is 0. The largest absolute Gasteiger partial charge is 0.379 e. The number of rotatable bonds is 4. The van der Waals surface area contributed by atoms with Gasteiger partial charge < -0.3 is 5.32 Å². The Balaban J connectivity index is 2.14. The van der Waals surface area contributed by atoms with E-state index < -0.39 is 4.92 Å². The summed E-state index contributed by atoms with van der Waals surface area (Å²) in [4.78, 5) is 11.4. The van der Waals surface area contributed by atoms with E-state index in [-0.39, 0.29) is 5.69 Å². The van der Waals surface area contributed by atoms with Crippen LogP contribution >= 0.6 is 54.8 Å². The van der Waals surface area contributed by atoms with Gasteiger partial charge in [-0.3, -0.25) is 10.1 Å². The lowest BCUT2D eigenvalue weighted by molar-refractivity contribution is -0.384. The number of nitrogens with one attached hydrogen (secondary N) is 1. The molecule has 100 valence electrons. The van der Waals surface area contributed by atoms with Crippen LogP contribution in [-0.4, -0.2) is 4.92 Å². The number of thiophene rings is 1. The van der Waals surface area contributed by atoms with Crippen LogP contribution in [0.25, 0.3) is 0 Å². The SMILES string of the molecule is O=[N+]([O-])c1ccc(Cl)c(NCc2cc(Br)c(Br)s2)c1. The zero-order valence-corrected chi connectivity index (χ0v) is 14.1. The second kappa shape index (κ2) is 6.21. The molecule has 0 bridgehead atoms. The summed E-state index contributed by atoms with van der Waals surface area (Å²) in [6, 6.07) is 6.31. The minimum atomic E-state index is -0.445. The Morgan fingerprint density at radius 1 is 1.37 bits per heavy atom. The van der Waals surface area contributed by atoms with Crippen molar-refractivity contribution in [2.45, 2.75) is 6.54 Å². The lowest BCUT2D eigenvalue weighted by Crippen LogP contribution is -1.99. The van der Waals surface area contributed by atoms with Crippen LogP contribution in [0.4, 0.5) is 11.4 Å². The van der Waals surface area contributed by atoms with Gasteiger partial charge in [-0.2, -0.15) is 0 Å². The Labute approximate surface area is 135 Å². The van der Waals surface area contributed by atoms with E-state index in [0.717, 1.165) is 13.1 Å². The van der Waals surface area contributed by atoms with Gasteiger partial charge in [0.1, 0.15) is 0 Å². The van der Waals surface area contributed by atoms with Crippen LogP contribution in [0.2, 0.25) is 5.02 Å². The molecule has 1 aromatic carbocycles. The molecule has 2 rings (SSSR count). The molecule has 0 saturated carbocycles. The first kappa shape index (κ1) is 14.8. The van der Waals surface area contributed by atoms with E-state index in [2.05, 4.69) is 37.2 Å². The normalized spacial score (nSPS) is 10.5. The monoisotopic (exact) mass is 424 g/mol. The smallest absolute Gasteiger partial charge is 0.271 e. The van der Waals surface area contributed by atoms with Crippen LogP contribution in [0.15, 0.2) is 32.5 Å². The molecule has 0 saturated heterocycles. The van der Waals surface area contributed by atoms with Crippen molar-refractivity contribution < 1.29 is 4.92 Å². The third kappa shape index (κ3) is 3.68. The van der Waals surface area contributed by atoms with Gasteiger partial charge >= 0.3 is 0 Å². The molecule has 19 heavy (non-hydrogen) atoms. The van der Waals surface area contributed by atoms with Gasteiger partial charge in [-0.1, -0.05) is 11.6 Å². The van der Waals surface area contributed by atoms with E-state index in [9.17, 15) is 10.1 Å². The molecule has 8 heteroatoms. The van der Waals surface area contributed by atoms with Crippen molar-refractivity contribution in [3.05, 3.63) is 52.5 Å². The summed E-state index contributed by atoms with van der Waals surface area (Å²) in [5.74, 6) is 0. The van der Waals surface area contributed by atoms with Crippen molar-refractivity contribution in [2.24, 2.45) is 0 Å². The highest BCUT2D eigenvalue weighted by Gasteiger charge is 2.10. The van der Waals surface area contributed by atoms with Gasteiger partial charge in [-0.15, -0.1) is 11.3 Å². The number of nitro groups is 1. The van der Waals surface area contributed by atoms with Crippen molar-refractivity contribution >= 4 is 66.2 Å². The van der Waals surface area contributed by atoms with Crippen LogP contribution in [0, 0.1) is 10.1 Å². The minimum Gasteiger partial charge on any atom is -0.379 e. The highest BCUT2D eigenvalue weighted by molar-refractivity contribution is 9.13. The third-order valence-electron chi connectivity index (χ3n) is 2.31. The number of benzene rings is 1. The van der Waals surface area contributed by atoms with Gasteiger partial charge in [-0.05, 0) is 44.0 Å². The number of nitrogens with zero attached hydrogens (tertiary/aromatic N) is 1. The summed E-state index contributed by atoms with van der Waals surface area (Å²) in [5.41, 5.74) is 0.567. The van der Waals surface area contributed by atoms with Crippen LogP contribution in [0.5, 0.6) is 0 Å². The van der Waals surface area contributed by atoms with E-state index in [4.69, 9.17) is 11.6 Å². The molecule has 0 spiro atoms. The maximum absolute atomic E-state index is 10.7. The number of hydrogen-bond donors (Lipinski definition) is 1. The Kier molecular flexibility index (Phi) is 4.83. The summed E-state index contributed by atoms with van der Waals surface area (Å²) < 4.78 is 1.99. The molecule has 1 N–H and O–H groups in total. The van der Waals surface area contributed by atoms with E-state index >= 15 is 0 Å². The second-order valence-electron chi connectivity index (χ2n) is 3.61. The summed E-state index contributed by atoms with van der Waals surface area (Å²) in [5, 5.41) is 14.3. The Hall–Kier alpha value is -0.630. The topological polar surface area (TPSA) is 55.2 Å².